The summed E-state index contributed by atoms with van der Waals surface area (Å²) in [5, 5.41) is 9.76. The zero-order chi connectivity index (χ0) is 12.7. The molecule has 1 aromatic heterocycles. The van der Waals surface area contributed by atoms with Gasteiger partial charge in [0.15, 0.2) is 0 Å². The highest BCUT2D eigenvalue weighted by Crippen LogP contribution is 2.30. The van der Waals surface area contributed by atoms with E-state index in [-0.39, 0.29) is 5.82 Å². The second kappa shape index (κ2) is 3.87. The lowest BCUT2D eigenvalue weighted by Gasteiger charge is -2.20. The van der Waals surface area contributed by atoms with Crippen molar-refractivity contribution in [3.63, 3.8) is 0 Å². The number of alkyl halides is 3. The highest BCUT2D eigenvalue weighted by molar-refractivity contribution is 5.41. The molecule has 0 bridgehead atoms. The van der Waals surface area contributed by atoms with Gasteiger partial charge in [-0.2, -0.15) is 13.2 Å². The van der Waals surface area contributed by atoms with Gasteiger partial charge in [0.05, 0.1) is 5.60 Å². The second-order valence-electron chi connectivity index (χ2n) is 4.55. The third-order valence-electron chi connectivity index (χ3n) is 2.80. The van der Waals surface area contributed by atoms with Crippen LogP contribution in [-0.4, -0.2) is 28.8 Å². The van der Waals surface area contributed by atoms with Crippen LogP contribution in [-0.2, 0) is 6.18 Å². The molecule has 1 fully saturated rings. The fraction of sp³-hybridized carbons (Fsp3) is 0.545. The molecule has 0 radical (unpaired) electrons. The Bertz CT molecular complexity index is 417. The highest BCUT2D eigenvalue weighted by atomic mass is 19.4. The molecule has 0 saturated carbocycles. The van der Waals surface area contributed by atoms with E-state index in [1.807, 2.05) is 0 Å². The van der Waals surface area contributed by atoms with Gasteiger partial charge in [-0.1, -0.05) is 6.07 Å². The lowest BCUT2D eigenvalue weighted by Crippen LogP contribution is -2.30. The lowest BCUT2D eigenvalue weighted by atomic mass is 10.1. The highest BCUT2D eigenvalue weighted by Gasteiger charge is 2.35. The topological polar surface area (TPSA) is 36.4 Å². The van der Waals surface area contributed by atoms with Crippen molar-refractivity contribution in [1.82, 2.24) is 4.98 Å². The zero-order valence-electron chi connectivity index (χ0n) is 9.33. The average Bonchev–Trinajstić information content (AvgIpc) is 2.58. The van der Waals surface area contributed by atoms with Crippen LogP contribution in [0.3, 0.4) is 0 Å². The SMILES string of the molecule is CC1(O)CCN(c2cccc(C(F)(F)F)n2)C1. The van der Waals surface area contributed by atoms with Crippen LogP contribution in [0.2, 0.25) is 0 Å². The van der Waals surface area contributed by atoms with Crippen molar-refractivity contribution in [3.05, 3.63) is 23.9 Å². The van der Waals surface area contributed by atoms with Gasteiger partial charge in [-0.25, -0.2) is 4.98 Å². The largest absolute Gasteiger partial charge is 0.433 e. The van der Waals surface area contributed by atoms with E-state index in [1.165, 1.54) is 12.1 Å². The van der Waals surface area contributed by atoms with Crippen LogP contribution in [0, 0.1) is 0 Å². The Balaban J connectivity index is 2.23. The number of hydrogen-bond donors (Lipinski definition) is 1. The minimum absolute atomic E-state index is 0.262. The van der Waals surface area contributed by atoms with Gasteiger partial charge >= 0.3 is 6.18 Å². The summed E-state index contributed by atoms with van der Waals surface area (Å²) in [6.45, 7) is 2.49. The first-order valence-corrected chi connectivity index (χ1v) is 5.29. The normalized spacial score (nSPS) is 25.4. The molecule has 1 atom stereocenters. The molecule has 2 rings (SSSR count). The van der Waals surface area contributed by atoms with Crippen molar-refractivity contribution in [2.75, 3.05) is 18.0 Å². The molecule has 3 nitrogen and oxygen atoms in total. The van der Waals surface area contributed by atoms with E-state index < -0.39 is 17.5 Å². The van der Waals surface area contributed by atoms with Crippen LogP contribution in [0.15, 0.2) is 18.2 Å². The van der Waals surface area contributed by atoms with E-state index in [0.29, 0.717) is 19.5 Å². The third-order valence-corrected chi connectivity index (χ3v) is 2.80. The number of hydrogen-bond acceptors (Lipinski definition) is 3. The fourth-order valence-electron chi connectivity index (χ4n) is 1.90. The van der Waals surface area contributed by atoms with Crippen molar-refractivity contribution in [3.8, 4) is 0 Å². The molecule has 1 saturated heterocycles. The van der Waals surface area contributed by atoms with Crippen LogP contribution in [0.25, 0.3) is 0 Å². The predicted octanol–water partition coefficient (Wildman–Crippen LogP) is 2.06. The maximum absolute atomic E-state index is 12.5. The van der Waals surface area contributed by atoms with E-state index in [0.717, 1.165) is 6.07 Å². The molecule has 6 heteroatoms. The van der Waals surface area contributed by atoms with E-state index >= 15 is 0 Å². The molecule has 1 aliphatic rings. The number of aliphatic hydroxyl groups is 1. The van der Waals surface area contributed by atoms with Crippen molar-refractivity contribution >= 4 is 5.82 Å². The van der Waals surface area contributed by atoms with E-state index in [4.69, 9.17) is 0 Å². The van der Waals surface area contributed by atoms with Crippen molar-refractivity contribution in [2.45, 2.75) is 25.1 Å². The maximum atomic E-state index is 12.5. The number of halogens is 3. The van der Waals surface area contributed by atoms with Crippen LogP contribution >= 0.6 is 0 Å². The quantitative estimate of drug-likeness (QED) is 0.824. The first-order chi connectivity index (χ1) is 7.78. The molecule has 17 heavy (non-hydrogen) atoms. The van der Waals surface area contributed by atoms with E-state index in [2.05, 4.69) is 4.98 Å². The van der Waals surface area contributed by atoms with Gasteiger partial charge in [0.25, 0.3) is 0 Å². The molecule has 1 N–H and O–H groups in total. The smallest absolute Gasteiger partial charge is 0.388 e. The molecule has 2 heterocycles. The Hall–Kier alpha value is -1.30. The zero-order valence-corrected chi connectivity index (χ0v) is 9.33. The van der Waals surface area contributed by atoms with Crippen LogP contribution in [0.1, 0.15) is 19.0 Å². The van der Waals surface area contributed by atoms with Crippen molar-refractivity contribution in [2.24, 2.45) is 0 Å². The Labute approximate surface area is 96.9 Å². The molecule has 1 unspecified atom stereocenters. The van der Waals surface area contributed by atoms with Gasteiger partial charge in [-0.05, 0) is 25.5 Å². The van der Waals surface area contributed by atoms with E-state index in [9.17, 15) is 18.3 Å². The standard InChI is InChI=1S/C11H13F3N2O/c1-10(17)5-6-16(7-10)9-4-2-3-8(15-9)11(12,13)14/h2-4,17H,5-7H2,1H3. The molecule has 0 aliphatic carbocycles. The monoisotopic (exact) mass is 246 g/mol. The maximum Gasteiger partial charge on any atom is 0.433 e. The third kappa shape index (κ3) is 2.69. The summed E-state index contributed by atoms with van der Waals surface area (Å²) in [5.74, 6) is 0.262. The molecule has 0 aromatic carbocycles. The lowest BCUT2D eigenvalue weighted by molar-refractivity contribution is -0.141. The van der Waals surface area contributed by atoms with Crippen LogP contribution in [0.4, 0.5) is 19.0 Å². The van der Waals surface area contributed by atoms with E-state index in [1.54, 1.807) is 11.8 Å². The number of anilines is 1. The van der Waals surface area contributed by atoms with Gasteiger partial charge < -0.3 is 10.0 Å². The predicted molar refractivity (Wildman–Crippen MR) is 56.7 cm³/mol. The van der Waals surface area contributed by atoms with Crippen molar-refractivity contribution in [1.29, 1.82) is 0 Å². The summed E-state index contributed by atoms with van der Waals surface area (Å²) in [6.07, 6.45) is -3.90. The number of pyridine rings is 1. The number of aromatic nitrogens is 1. The summed E-state index contributed by atoms with van der Waals surface area (Å²) in [4.78, 5) is 5.24. The van der Waals surface area contributed by atoms with Gasteiger partial charge in [-0.3, -0.25) is 0 Å². The molecule has 0 amide bonds. The number of nitrogens with zero attached hydrogens (tertiary/aromatic N) is 2. The molecule has 1 aliphatic heterocycles. The minimum atomic E-state index is -4.43. The van der Waals surface area contributed by atoms with Gasteiger partial charge in [-0.15, -0.1) is 0 Å². The van der Waals surface area contributed by atoms with Crippen molar-refractivity contribution < 1.29 is 18.3 Å². The average molecular weight is 246 g/mol. The first kappa shape index (κ1) is 12.2. The summed E-state index contributed by atoms with van der Waals surface area (Å²) in [5.41, 5.74) is -1.75. The Morgan fingerprint density at radius 1 is 1.41 bits per heavy atom. The molecular formula is C11H13F3N2O. The summed E-state index contributed by atoms with van der Waals surface area (Å²) >= 11 is 0. The van der Waals surface area contributed by atoms with Crippen LogP contribution < -0.4 is 4.90 Å². The molecule has 0 spiro atoms. The van der Waals surface area contributed by atoms with Crippen LogP contribution in [0.5, 0.6) is 0 Å². The minimum Gasteiger partial charge on any atom is -0.388 e. The van der Waals surface area contributed by atoms with Gasteiger partial charge in [0.1, 0.15) is 11.5 Å². The second-order valence-corrected chi connectivity index (χ2v) is 4.55. The fourth-order valence-corrected chi connectivity index (χ4v) is 1.90. The van der Waals surface area contributed by atoms with Gasteiger partial charge in [0.2, 0.25) is 0 Å². The number of rotatable bonds is 1. The van der Waals surface area contributed by atoms with Gasteiger partial charge in [0, 0.05) is 13.1 Å². The Morgan fingerprint density at radius 2 is 2.12 bits per heavy atom. The molecule has 1 aromatic rings. The summed E-state index contributed by atoms with van der Waals surface area (Å²) in [6, 6.07) is 3.80. The summed E-state index contributed by atoms with van der Waals surface area (Å²) in [7, 11) is 0. The Kier molecular flexibility index (Phi) is 2.77. The Morgan fingerprint density at radius 3 is 2.65 bits per heavy atom. The summed E-state index contributed by atoms with van der Waals surface area (Å²) < 4.78 is 37.4. The first-order valence-electron chi connectivity index (χ1n) is 5.29. The molecular weight excluding hydrogens is 233 g/mol. The number of β-amino-alcohol motifs (C(OH)–C–C–N with tert-alkyl or cyclic N) is 1. The molecule has 94 valence electrons.